The van der Waals surface area contributed by atoms with Crippen molar-refractivity contribution in [1.29, 1.82) is 0 Å². The molecule has 0 aliphatic carbocycles. The number of amides is 1. The molecular weight excluding hydrogens is 472 g/mol. The Hall–Kier alpha value is -4.32. The minimum absolute atomic E-state index is 0.0278. The van der Waals surface area contributed by atoms with Crippen LogP contribution in [0.15, 0.2) is 103 Å². The van der Waals surface area contributed by atoms with Gasteiger partial charge in [-0.05, 0) is 78.2 Å². The number of ether oxygens (including phenoxy) is 1. The summed E-state index contributed by atoms with van der Waals surface area (Å²) in [5.74, 6) is -2.38. The SMILES string of the molecule is [2H]C([2H])(CC1C(=O)N(c2ccc(F)cc2)C1c1ccc(OCc2ccccc2)cc1)C(=O)c1ccc(F)cc1. The van der Waals surface area contributed by atoms with E-state index in [9.17, 15) is 18.4 Å². The number of carbonyl (C=O) groups excluding carboxylic acids is 2. The molecule has 5 rings (SSSR count). The van der Waals surface area contributed by atoms with E-state index in [1.165, 1.54) is 41.3 Å². The third-order valence-electron chi connectivity index (χ3n) is 6.38. The molecule has 4 aromatic carbocycles. The summed E-state index contributed by atoms with van der Waals surface area (Å²) in [5.41, 5.74) is 2.24. The van der Waals surface area contributed by atoms with E-state index in [4.69, 9.17) is 7.48 Å². The van der Waals surface area contributed by atoms with Crippen LogP contribution >= 0.6 is 0 Å². The van der Waals surface area contributed by atoms with E-state index in [2.05, 4.69) is 0 Å². The number of anilines is 1. The lowest BCUT2D eigenvalue weighted by Gasteiger charge is -2.47. The standard InChI is InChI=1S/C31H25F2NO3/c32-24-10-6-22(7-11-24)29(35)19-18-28-30(34(31(28)36)26-14-12-25(33)13-15-26)23-8-16-27(17-9-23)37-20-21-4-2-1-3-5-21/h1-17,28,30H,18-20H2/i19D2. The monoisotopic (exact) mass is 499 g/mol. The second-order valence-corrected chi connectivity index (χ2v) is 8.80. The molecule has 37 heavy (non-hydrogen) atoms. The van der Waals surface area contributed by atoms with Crippen LogP contribution in [0.25, 0.3) is 0 Å². The average Bonchev–Trinajstić information content (AvgIpc) is 2.95. The van der Waals surface area contributed by atoms with Crippen LogP contribution in [0.5, 0.6) is 5.75 Å². The molecule has 1 aliphatic rings. The minimum atomic E-state index is -2.37. The normalized spacial score (nSPS) is 18.0. The zero-order valence-corrected chi connectivity index (χ0v) is 19.8. The molecule has 0 aromatic heterocycles. The van der Waals surface area contributed by atoms with Crippen molar-refractivity contribution >= 4 is 17.4 Å². The largest absolute Gasteiger partial charge is 0.489 e. The zero-order chi connectivity index (χ0) is 27.6. The Balaban J connectivity index is 1.39. The van der Waals surface area contributed by atoms with Crippen LogP contribution in [-0.2, 0) is 11.4 Å². The molecule has 1 heterocycles. The van der Waals surface area contributed by atoms with E-state index >= 15 is 0 Å². The summed E-state index contributed by atoms with van der Waals surface area (Å²) < 4.78 is 49.7. The maximum absolute atomic E-state index is 13.6. The number of ketones is 1. The molecule has 4 nitrogen and oxygen atoms in total. The van der Waals surface area contributed by atoms with Crippen LogP contribution in [0.3, 0.4) is 0 Å². The van der Waals surface area contributed by atoms with Gasteiger partial charge in [0.1, 0.15) is 24.0 Å². The van der Waals surface area contributed by atoms with Gasteiger partial charge in [0.2, 0.25) is 5.91 Å². The molecule has 186 valence electrons. The Morgan fingerprint density at radius 2 is 1.46 bits per heavy atom. The Morgan fingerprint density at radius 3 is 2.11 bits per heavy atom. The number of hydrogen-bond donors (Lipinski definition) is 0. The number of carbonyl (C=O) groups is 2. The third-order valence-corrected chi connectivity index (χ3v) is 6.38. The van der Waals surface area contributed by atoms with Crippen molar-refractivity contribution < 1.29 is 25.8 Å². The van der Waals surface area contributed by atoms with E-state index in [1.54, 1.807) is 24.3 Å². The van der Waals surface area contributed by atoms with Crippen molar-refractivity contribution in [2.75, 3.05) is 4.90 Å². The van der Waals surface area contributed by atoms with Crippen molar-refractivity contribution in [2.24, 2.45) is 5.92 Å². The van der Waals surface area contributed by atoms with Crippen molar-refractivity contribution in [3.63, 3.8) is 0 Å². The van der Waals surface area contributed by atoms with Crippen LogP contribution in [-0.4, -0.2) is 11.7 Å². The molecule has 0 bridgehead atoms. The summed E-state index contributed by atoms with van der Waals surface area (Å²) in [6.45, 7) is 0.387. The average molecular weight is 500 g/mol. The molecule has 0 radical (unpaired) electrons. The zero-order valence-electron chi connectivity index (χ0n) is 21.8. The first kappa shape index (κ1) is 21.9. The van der Waals surface area contributed by atoms with E-state index in [-0.39, 0.29) is 17.9 Å². The van der Waals surface area contributed by atoms with Crippen molar-refractivity contribution in [1.82, 2.24) is 0 Å². The molecule has 2 atom stereocenters. The number of hydrogen-bond acceptors (Lipinski definition) is 3. The van der Waals surface area contributed by atoms with Crippen molar-refractivity contribution in [3.8, 4) is 5.75 Å². The van der Waals surface area contributed by atoms with Crippen LogP contribution < -0.4 is 9.64 Å². The number of nitrogens with zero attached hydrogens (tertiary/aromatic N) is 1. The molecule has 0 saturated carbocycles. The Morgan fingerprint density at radius 1 is 0.838 bits per heavy atom. The molecular formula is C31H25F2NO3. The number of β-lactam (4-membered cyclic amide) rings is 1. The van der Waals surface area contributed by atoms with Crippen LogP contribution in [0.1, 0.15) is 43.1 Å². The lowest BCUT2D eigenvalue weighted by atomic mass is 9.78. The molecule has 4 aromatic rings. The van der Waals surface area contributed by atoms with E-state index in [0.29, 0.717) is 18.0 Å². The number of benzene rings is 4. The van der Waals surface area contributed by atoms with Gasteiger partial charge in [0.25, 0.3) is 0 Å². The summed E-state index contributed by atoms with van der Waals surface area (Å²) in [6.07, 6.45) is -2.74. The molecule has 1 saturated heterocycles. The van der Waals surface area contributed by atoms with Gasteiger partial charge in [-0.3, -0.25) is 9.59 Å². The highest BCUT2D eigenvalue weighted by Crippen LogP contribution is 2.46. The van der Waals surface area contributed by atoms with Gasteiger partial charge in [0, 0.05) is 20.4 Å². The lowest BCUT2D eigenvalue weighted by Crippen LogP contribution is -2.55. The fourth-order valence-electron chi connectivity index (χ4n) is 4.43. The summed E-state index contributed by atoms with van der Waals surface area (Å²) in [7, 11) is 0. The van der Waals surface area contributed by atoms with E-state index in [1.807, 2.05) is 30.3 Å². The highest BCUT2D eigenvalue weighted by Gasteiger charge is 2.48. The second-order valence-electron chi connectivity index (χ2n) is 8.80. The number of rotatable bonds is 9. The highest BCUT2D eigenvalue weighted by molar-refractivity contribution is 6.04. The first-order chi connectivity index (χ1) is 18.7. The molecule has 0 spiro atoms. The van der Waals surface area contributed by atoms with Gasteiger partial charge in [-0.25, -0.2) is 8.78 Å². The lowest BCUT2D eigenvalue weighted by molar-refractivity contribution is -0.130. The Labute approximate surface area is 216 Å². The van der Waals surface area contributed by atoms with E-state index < -0.39 is 35.8 Å². The Kier molecular flexibility index (Phi) is 6.37. The van der Waals surface area contributed by atoms with Crippen LogP contribution in [0.2, 0.25) is 0 Å². The Bertz CT molecular complexity index is 1460. The summed E-state index contributed by atoms with van der Waals surface area (Å²) in [6, 6.07) is 26.4. The van der Waals surface area contributed by atoms with E-state index in [0.717, 1.165) is 23.3 Å². The number of halogens is 2. The fraction of sp³-hybridized carbons (Fsp3) is 0.161. The highest BCUT2D eigenvalue weighted by atomic mass is 19.1. The predicted molar refractivity (Wildman–Crippen MR) is 137 cm³/mol. The molecule has 0 N–H and O–H groups in total. The molecule has 1 fully saturated rings. The van der Waals surface area contributed by atoms with Gasteiger partial charge in [-0.2, -0.15) is 0 Å². The van der Waals surface area contributed by atoms with Gasteiger partial charge in [0.05, 0.1) is 12.0 Å². The maximum atomic E-state index is 13.6. The predicted octanol–water partition coefficient (Wildman–Crippen LogP) is 6.91. The summed E-state index contributed by atoms with van der Waals surface area (Å²) >= 11 is 0. The molecule has 1 aliphatic heterocycles. The van der Waals surface area contributed by atoms with Crippen LogP contribution in [0, 0.1) is 17.6 Å². The van der Waals surface area contributed by atoms with Gasteiger partial charge >= 0.3 is 0 Å². The number of Topliss-reactive ketones (excluding diaryl/α,β-unsaturated/α-hetero) is 1. The van der Waals surface area contributed by atoms with Crippen molar-refractivity contribution in [2.45, 2.75) is 25.4 Å². The topological polar surface area (TPSA) is 46.6 Å². The van der Waals surface area contributed by atoms with Gasteiger partial charge in [-0.1, -0.05) is 42.5 Å². The molecule has 1 amide bonds. The quantitative estimate of drug-likeness (QED) is 0.186. The molecule has 2 unspecified atom stereocenters. The fourth-order valence-corrected chi connectivity index (χ4v) is 4.43. The van der Waals surface area contributed by atoms with Gasteiger partial charge in [-0.15, -0.1) is 0 Å². The maximum Gasteiger partial charge on any atom is 0.233 e. The first-order valence-electron chi connectivity index (χ1n) is 12.9. The summed E-state index contributed by atoms with van der Waals surface area (Å²) in [5, 5.41) is 0. The van der Waals surface area contributed by atoms with Gasteiger partial charge in [0.15, 0.2) is 5.78 Å². The minimum Gasteiger partial charge on any atom is -0.489 e. The van der Waals surface area contributed by atoms with Crippen molar-refractivity contribution in [3.05, 3.63) is 131 Å². The van der Waals surface area contributed by atoms with Gasteiger partial charge < -0.3 is 9.64 Å². The summed E-state index contributed by atoms with van der Waals surface area (Å²) in [4.78, 5) is 27.8. The second kappa shape index (κ2) is 10.7. The van der Waals surface area contributed by atoms with Crippen LogP contribution in [0.4, 0.5) is 14.5 Å². The first-order valence-corrected chi connectivity index (χ1v) is 11.9. The third kappa shape index (κ3) is 5.43. The smallest absolute Gasteiger partial charge is 0.233 e. The molecule has 6 heteroatoms.